The predicted molar refractivity (Wildman–Crippen MR) is 76.7 cm³/mol. The van der Waals surface area contributed by atoms with Gasteiger partial charge in [-0.15, -0.1) is 0 Å². The van der Waals surface area contributed by atoms with E-state index >= 15 is 0 Å². The zero-order valence-corrected chi connectivity index (χ0v) is 13.1. The van der Waals surface area contributed by atoms with E-state index in [1.807, 2.05) is 0 Å². The van der Waals surface area contributed by atoms with Gasteiger partial charge in [0.1, 0.15) is 5.92 Å². The Morgan fingerprint density at radius 3 is 2.48 bits per heavy atom. The van der Waals surface area contributed by atoms with Crippen LogP contribution in [0.1, 0.15) is 11.6 Å². The zero-order chi connectivity index (χ0) is 17.4. The van der Waals surface area contributed by atoms with Crippen molar-refractivity contribution < 1.29 is 28.2 Å². The van der Waals surface area contributed by atoms with Gasteiger partial charge >= 0.3 is 17.4 Å². The number of carbonyl (C=O) groups is 2. The third kappa shape index (κ3) is 2.72. The molecule has 1 aliphatic rings. The van der Waals surface area contributed by atoms with Crippen molar-refractivity contribution in [2.75, 3.05) is 14.2 Å². The molecule has 1 fully saturated rings. The summed E-state index contributed by atoms with van der Waals surface area (Å²) in [7, 11) is 1.91. The Labute approximate surface area is 136 Å². The lowest BCUT2D eigenvalue weighted by atomic mass is 9.81. The maximum absolute atomic E-state index is 13.9. The van der Waals surface area contributed by atoms with Crippen molar-refractivity contribution in [1.82, 2.24) is 10.2 Å². The van der Waals surface area contributed by atoms with Crippen molar-refractivity contribution >= 4 is 23.6 Å². The number of rotatable bonds is 3. The molecular formula is C14H15ClF2N2O4. The standard InChI is InChI=1S/C14H15ClF2N2O4/c1-19-12(21)18-10(8-6-4-3-5-7-8)9(11(20)23-2)13(19,22)14(15,16)17/h3-7,9-10,22H,1-2H3,(H,18,21). The van der Waals surface area contributed by atoms with Crippen LogP contribution in [0.15, 0.2) is 30.3 Å². The van der Waals surface area contributed by atoms with Crippen molar-refractivity contribution in [3.8, 4) is 0 Å². The number of esters is 1. The van der Waals surface area contributed by atoms with Gasteiger partial charge in [0.15, 0.2) is 0 Å². The summed E-state index contributed by atoms with van der Waals surface area (Å²) >= 11 is 5.05. The number of urea groups is 1. The van der Waals surface area contributed by atoms with E-state index in [0.29, 0.717) is 10.5 Å². The summed E-state index contributed by atoms with van der Waals surface area (Å²) in [6.45, 7) is 0. The van der Waals surface area contributed by atoms with Gasteiger partial charge in [0.05, 0.1) is 13.2 Å². The molecule has 0 aliphatic carbocycles. The third-order valence-corrected chi connectivity index (χ3v) is 4.17. The minimum absolute atomic E-state index is 0.307. The van der Waals surface area contributed by atoms with Gasteiger partial charge in [0, 0.05) is 7.05 Å². The number of hydrogen-bond acceptors (Lipinski definition) is 4. The lowest BCUT2D eigenvalue weighted by molar-refractivity contribution is -0.242. The van der Waals surface area contributed by atoms with Gasteiger partial charge in [-0.2, -0.15) is 8.78 Å². The molecule has 6 nitrogen and oxygen atoms in total. The van der Waals surface area contributed by atoms with E-state index in [0.717, 1.165) is 14.2 Å². The monoisotopic (exact) mass is 348 g/mol. The van der Waals surface area contributed by atoms with Crippen molar-refractivity contribution in [3.63, 3.8) is 0 Å². The predicted octanol–water partition coefficient (Wildman–Crippen LogP) is 1.69. The summed E-state index contributed by atoms with van der Waals surface area (Å²) in [4.78, 5) is 24.4. The van der Waals surface area contributed by atoms with Crippen molar-refractivity contribution in [1.29, 1.82) is 0 Å². The number of alkyl halides is 3. The highest BCUT2D eigenvalue weighted by Gasteiger charge is 2.68. The first kappa shape index (κ1) is 17.4. The van der Waals surface area contributed by atoms with Crippen LogP contribution in [0.2, 0.25) is 0 Å². The summed E-state index contributed by atoms with van der Waals surface area (Å²) in [5, 5.41) is 8.64. The van der Waals surface area contributed by atoms with Gasteiger partial charge in [-0.25, -0.2) is 4.79 Å². The van der Waals surface area contributed by atoms with Gasteiger partial charge in [0.25, 0.3) is 0 Å². The molecule has 1 saturated heterocycles. The number of halogens is 3. The summed E-state index contributed by atoms with van der Waals surface area (Å²) < 4.78 is 32.4. The first-order valence-electron chi connectivity index (χ1n) is 6.60. The van der Waals surface area contributed by atoms with Crippen molar-refractivity contribution in [2.45, 2.75) is 17.1 Å². The third-order valence-electron chi connectivity index (χ3n) is 3.89. The minimum atomic E-state index is -4.29. The molecule has 1 aliphatic heterocycles. The van der Waals surface area contributed by atoms with E-state index < -0.39 is 35.1 Å². The molecular weight excluding hydrogens is 334 g/mol. The topological polar surface area (TPSA) is 78.9 Å². The second-order valence-corrected chi connectivity index (χ2v) is 5.60. The molecule has 23 heavy (non-hydrogen) atoms. The number of nitrogens with one attached hydrogen (secondary N) is 1. The molecule has 0 spiro atoms. The number of methoxy groups -OCH3 is 1. The van der Waals surface area contributed by atoms with Gasteiger partial charge in [-0.05, 0) is 17.2 Å². The SMILES string of the molecule is COC(=O)C1C(c2ccccc2)NC(=O)N(C)C1(O)C(F)(F)Cl. The van der Waals surface area contributed by atoms with E-state index in [1.54, 1.807) is 18.2 Å². The summed E-state index contributed by atoms with van der Waals surface area (Å²) in [6, 6.07) is 5.70. The van der Waals surface area contributed by atoms with E-state index in [1.165, 1.54) is 12.1 Å². The molecule has 0 bridgehead atoms. The van der Waals surface area contributed by atoms with Crippen LogP contribution in [0, 0.1) is 5.92 Å². The average molecular weight is 349 g/mol. The molecule has 1 aromatic carbocycles. The van der Waals surface area contributed by atoms with Crippen LogP contribution < -0.4 is 5.32 Å². The molecule has 3 unspecified atom stereocenters. The molecule has 1 aromatic rings. The van der Waals surface area contributed by atoms with Gasteiger partial charge in [0.2, 0.25) is 5.72 Å². The van der Waals surface area contributed by atoms with Gasteiger partial charge in [-0.3, -0.25) is 9.69 Å². The number of nitrogens with zero attached hydrogens (tertiary/aromatic N) is 1. The fourth-order valence-corrected chi connectivity index (χ4v) is 2.88. The largest absolute Gasteiger partial charge is 0.469 e. The molecule has 2 rings (SSSR count). The maximum atomic E-state index is 13.9. The van der Waals surface area contributed by atoms with Crippen LogP contribution in [-0.2, 0) is 9.53 Å². The molecule has 2 amide bonds. The van der Waals surface area contributed by atoms with Crippen LogP contribution in [-0.4, -0.2) is 47.3 Å². The number of benzene rings is 1. The van der Waals surface area contributed by atoms with E-state index in [-0.39, 0.29) is 0 Å². The number of hydrogen-bond donors (Lipinski definition) is 2. The molecule has 0 saturated carbocycles. The highest BCUT2D eigenvalue weighted by molar-refractivity contribution is 6.22. The van der Waals surface area contributed by atoms with Crippen LogP contribution in [0.3, 0.4) is 0 Å². The molecule has 2 N–H and O–H groups in total. The van der Waals surface area contributed by atoms with E-state index in [4.69, 9.17) is 11.6 Å². The van der Waals surface area contributed by atoms with Crippen molar-refractivity contribution in [3.05, 3.63) is 35.9 Å². The Morgan fingerprint density at radius 1 is 1.43 bits per heavy atom. The Morgan fingerprint density at radius 2 is 2.00 bits per heavy atom. The van der Waals surface area contributed by atoms with Gasteiger partial charge in [-0.1, -0.05) is 30.3 Å². The number of aliphatic hydroxyl groups is 1. The van der Waals surface area contributed by atoms with E-state index in [9.17, 15) is 23.5 Å². The van der Waals surface area contributed by atoms with Gasteiger partial charge < -0.3 is 15.2 Å². The first-order valence-corrected chi connectivity index (χ1v) is 6.98. The van der Waals surface area contributed by atoms with Crippen LogP contribution in [0.25, 0.3) is 0 Å². The fraction of sp³-hybridized carbons (Fsp3) is 0.429. The molecule has 9 heteroatoms. The molecule has 0 radical (unpaired) electrons. The Balaban J connectivity index is 2.63. The molecule has 3 atom stereocenters. The quantitative estimate of drug-likeness (QED) is 0.643. The zero-order valence-electron chi connectivity index (χ0n) is 12.3. The summed E-state index contributed by atoms with van der Waals surface area (Å²) in [6.07, 6.45) is 0. The summed E-state index contributed by atoms with van der Waals surface area (Å²) in [5.74, 6) is -2.97. The first-order chi connectivity index (χ1) is 10.6. The van der Waals surface area contributed by atoms with Crippen LogP contribution in [0.4, 0.5) is 13.6 Å². The summed E-state index contributed by atoms with van der Waals surface area (Å²) in [5.41, 5.74) is -2.91. The average Bonchev–Trinajstić information content (AvgIpc) is 2.51. The highest BCUT2D eigenvalue weighted by atomic mass is 35.5. The van der Waals surface area contributed by atoms with E-state index in [2.05, 4.69) is 10.1 Å². The second-order valence-electron chi connectivity index (χ2n) is 5.12. The molecule has 126 valence electrons. The lowest BCUT2D eigenvalue weighted by Gasteiger charge is -2.49. The second kappa shape index (κ2) is 5.93. The Hall–Kier alpha value is -1.93. The van der Waals surface area contributed by atoms with Crippen LogP contribution >= 0.6 is 11.6 Å². The number of amides is 2. The number of ether oxygens (including phenoxy) is 1. The molecule has 0 aromatic heterocycles. The lowest BCUT2D eigenvalue weighted by Crippen LogP contribution is -2.72. The Kier molecular flexibility index (Phi) is 4.50. The van der Waals surface area contributed by atoms with Crippen LogP contribution in [0.5, 0.6) is 0 Å². The van der Waals surface area contributed by atoms with Crippen molar-refractivity contribution in [2.24, 2.45) is 5.92 Å². The normalized spacial score (nSPS) is 28.3. The number of carbonyl (C=O) groups excluding carboxylic acids is 2. The Bertz CT molecular complexity index is 611. The molecule has 1 heterocycles. The highest BCUT2D eigenvalue weighted by Crippen LogP contribution is 2.47. The maximum Gasteiger partial charge on any atom is 0.369 e. The minimum Gasteiger partial charge on any atom is -0.469 e. The fourth-order valence-electron chi connectivity index (χ4n) is 2.64. The smallest absolute Gasteiger partial charge is 0.369 e.